The van der Waals surface area contributed by atoms with Gasteiger partial charge in [-0.2, -0.15) is 0 Å². The number of carbonyl (C=O) groups is 2. The van der Waals surface area contributed by atoms with Gasteiger partial charge in [-0.15, -0.1) is 11.3 Å². The van der Waals surface area contributed by atoms with Crippen LogP contribution in [0.15, 0.2) is 18.2 Å². The van der Waals surface area contributed by atoms with E-state index in [1.54, 1.807) is 29.5 Å². The van der Waals surface area contributed by atoms with Crippen molar-refractivity contribution in [1.82, 2.24) is 15.6 Å². The largest absolute Gasteiger partial charge is 0.352 e. The average Bonchev–Trinajstić information content (AvgIpc) is 2.88. The van der Waals surface area contributed by atoms with Crippen LogP contribution in [0.4, 0.5) is 10.5 Å². The quantitative estimate of drug-likeness (QED) is 0.731. The zero-order valence-electron chi connectivity index (χ0n) is 14.6. The predicted molar refractivity (Wildman–Crippen MR) is 102 cm³/mol. The van der Waals surface area contributed by atoms with Gasteiger partial charge in [-0.25, -0.2) is 9.78 Å². The molecule has 0 bridgehead atoms. The average molecular weight is 381 g/mol. The van der Waals surface area contributed by atoms with Crippen LogP contribution in [0.25, 0.3) is 0 Å². The molecule has 0 aliphatic heterocycles. The Morgan fingerprint density at radius 2 is 2.04 bits per heavy atom. The van der Waals surface area contributed by atoms with E-state index in [1.807, 2.05) is 27.7 Å². The minimum Gasteiger partial charge on any atom is -0.352 e. The van der Waals surface area contributed by atoms with E-state index in [-0.39, 0.29) is 18.0 Å². The predicted octanol–water partition coefficient (Wildman–Crippen LogP) is 4.05. The molecule has 1 heterocycles. The number of amides is 3. The Morgan fingerprint density at radius 1 is 1.32 bits per heavy atom. The third-order valence-electron chi connectivity index (χ3n) is 3.50. The summed E-state index contributed by atoms with van der Waals surface area (Å²) in [5.74, 6) is -0.279. The topological polar surface area (TPSA) is 83.1 Å². The number of nitrogens with one attached hydrogen (secondary N) is 3. The van der Waals surface area contributed by atoms with Crippen molar-refractivity contribution in [3.8, 4) is 0 Å². The van der Waals surface area contributed by atoms with Crippen molar-refractivity contribution in [2.45, 2.75) is 33.7 Å². The molecular weight excluding hydrogens is 360 g/mol. The maximum Gasteiger partial charge on any atom is 0.319 e. The minimum atomic E-state index is -0.373. The molecular formula is C17H21ClN4O2S. The van der Waals surface area contributed by atoms with Crippen molar-refractivity contribution in [2.75, 3.05) is 11.9 Å². The van der Waals surface area contributed by atoms with Gasteiger partial charge in [-0.05, 0) is 45.9 Å². The molecule has 134 valence electrons. The molecule has 2 rings (SSSR count). The molecule has 3 N–H and O–H groups in total. The number of rotatable bonds is 5. The summed E-state index contributed by atoms with van der Waals surface area (Å²) >= 11 is 7.65. The first-order valence-corrected chi connectivity index (χ1v) is 9.10. The number of benzene rings is 1. The standard InChI is InChI=1S/C17H21ClN4O2S/c1-5-19-16(23)13-8-12(6-7-14(13)18)22-17(24)20-9(2)15-10(3)25-11(4)21-15/h6-9H,5H2,1-4H3,(H,19,23)(H2,20,22,24)/t9-/m1/s1. The molecule has 0 aliphatic rings. The second-order valence-electron chi connectivity index (χ2n) is 5.55. The van der Waals surface area contributed by atoms with Gasteiger partial charge >= 0.3 is 6.03 Å². The Hall–Kier alpha value is -2.12. The van der Waals surface area contributed by atoms with E-state index in [0.29, 0.717) is 22.8 Å². The Kier molecular flexibility index (Phi) is 6.39. The molecule has 25 heavy (non-hydrogen) atoms. The SMILES string of the molecule is CCNC(=O)c1cc(NC(=O)N[C@H](C)c2nc(C)sc2C)ccc1Cl. The number of hydrogen-bond acceptors (Lipinski definition) is 4. The fourth-order valence-electron chi connectivity index (χ4n) is 2.41. The lowest BCUT2D eigenvalue weighted by Crippen LogP contribution is -2.31. The second-order valence-corrected chi connectivity index (χ2v) is 7.36. The number of aromatic nitrogens is 1. The molecule has 0 fully saturated rings. The number of hydrogen-bond donors (Lipinski definition) is 3. The Morgan fingerprint density at radius 3 is 2.64 bits per heavy atom. The first kappa shape index (κ1) is 19.2. The Bertz CT molecular complexity index is 791. The van der Waals surface area contributed by atoms with Gasteiger partial charge in [-0.3, -0.25) is 4.79 Å². The van der Waals surface area contributed by atoms with E-state index in [9.17, 15) is 9.59 Å². The third-order valence-corrected chi connectivity index (χ3v) is 4.73. The van der Waals surface area contributed by atoms with Crippen LogP contribution in [0, 0.1) is 13.8 Å². The Balaban J connectivity index is 2.06. The fraction of sp³-hybridized carbons (Fsp3) is 0.353. The van der Waals surface area contributed by atoms with Crippen LogP contribution < -0.4 is 16.0 Å². The summed E-state index contributed by atoms with van der Waals surface area (Å²) in [6.45, 7) is 8.11. The van der Waals surface area contributed by atoms with Crippen LogP contribution in [0.5, 0.6) is 0 Å². The molecule has 0 saturated carbocycles. The third kappa shape index (κ3) is 4.93. The minimum absolute atomic E-state index is 0.222. The molecule has 1 aromatic heterocycles. The van der Waals surface area contributed by atoms with Crippen molar-refractivity contribution < 1.29 is 9.59 Å². The van der Waals surface area contributed by atoms with Crippen LogP contribution in [0.2, 0.25) is 5.02 Å². The summed E-state index contributed by atoms with van der Waals surface area (Å²) in [5, 5.41) is 9.55. The van der Waals surface area contributed by atoms with Gasteiger partial charge in [0, 0.05) is 17.1 Å². The lowest BCUT2D eigenvalue weighted by molar-refractivity contribution is 0.0956. The zero-order chi connectivity index (χ0) is 18.6. The van der Waals surface area contributed by atoms with Crippen LogP contribution in [-0.4, -0.2) is 23.5 Å². The van der Waals surface area contributed by atoms with Gasteiger partial charge in [-0.1, -0.05) is 11.6 Å². The highest BCUT2D eigenvalue weighted by Crippen LogP contribution is 2.23. The van der Waals surface area contributed by atoms with E-state index < -0.39 is 0 Å². The second kappa shape index (κ2) is 8.31. The first-order valence-electron chi connectivity index (χ1n) is 7.91. The van der Waals surface area contributed by atoms with Crippen molar-refractivity contribution in [1.29, 1.82) is 0 Å². The van der Waals surface area contributed by atoms with Crippen molar-refractivity contribution >= 4 is 40.6 Å². The summed E-state index contributed by atoms with van der Waals surface area (Å²) in [6, 6.07) is 4.18. The van der Waals surface area contributed by atoms with E-state index in [4.69, 9.17) is 11.6 Å². The maximum atomic E-state index is 12.2. The zero-order valence-corrected chi connectivity index (χ0v) is 16.1. The van der Waals surface area contributed by atoms with Crippen LogP contribution >= 0.6 is 22.9 Å². The number of nitrogens with zero attached hydrogens (tertiary/aromatic N) is 1. The van der Waals surface area contributed by atoms with E-state index in [1.165, 1.54) is 0 Å². The number of anilines is 1. The molecule has 0 unspecified atom stereocenters. The summed E-state index contributed by atoms with van der Waals surface area (Å²) in [6.07, 6.45) is 0. The smallest absolute Gasteiger partial charge is 0.319 e. The Labute approximate surface area is 156 Å². The molecule has 2 aromatic rings. The normalized spacial score (nSPS) is 11.7. The molecule has 8 heteroatoms. The summed E-state index contributed by atoms with van der Waals surface area (Å²) < 4.78 is 0. The fourth-order valence-corrected chi connectivity index (χ4v) is 3.53. The van der Waals surface area contributed by atoms with Gasteiger partial charge < -0.3 is 16.0 Å². The molecule has 1 atom stereocenters. The number of thiazole rings is 1. The molecule has 0 saturated heterocycles. The maximum absolute atomic E-state index is 12.2. The van der Waals surface area contributed by atoms with Gasteiger partial charge in [0.25, 0.3) is 5.91 Å². The van der Waals surface area contributed by atoms with Gasteiger partial charge in [0.1, 0.15) is 0 Å². The highest BCUT2D eigenvalue weighted by atomic mass is 35.5. The van der Waals surface area contributed by atoms with Crippen LogP contribution in [0.1, 0.15) is 45.8 Å². The molecule has 0 spiro atoms. The van der Waals surface area contributed by atoms with Gasteiger partial charge in [0.2, 0.25) is 0 Å². The summed E-state index contributed by atoms with van der Waals surface area (Å²) in [5.41, 5.74) is 1.67. The lowest BCUT2D eigenvalue weighted by atomic mass is 10.2. The van der Waals surface area contributed by atoms with Crippen molar-refractivity contribution in [3.63, 3.8) is 0 Å². The monoisotopic (exact) mass is 380 g/mol. The molecule has 3 amide bonds. The first-order chi connectivity index (χ1) is 11.8. The number of aryl methyl sites for hydroxylation is 2. The van der Waals surface area contributed by atoms with Crippen molar-refractivity contribution in [3.05, 3.63) is 44.4 Å². The number of urea groups is 1. The summed E-state index contributed by atoms with van der Waals surface area (Å²) in [4.78, 5) is 29.7. The highest BCUT2D eigenvalue weighted by Gasteiger charge is 2.16. The molecule has 0 aliphatic carbocycles. The van der Waals surface area contributed by atoms with Crippen LogP contribution in [-0.2, 0) is 0 Å². The molecule has 1 aromatic carbocycles. The van der Waals surface area contributed by atoms with Gasteiger partial charge in [0.05, 0.1) is 27.3 Å². The lowest BCUT2D eigenvalue weighted by Gasteiger charge is -2.14. The highest BCUT2D eigenvalue weighted by molar-refractivity contribution is 7.11. The summed E-state index contributed by atoms with van der Waals surface area (Å²) in [7, 11) is 0. The van der Waals surface area contributed by atoms with Crippen LogP contribution in [0.3, 0.4) is 0 Å². The van der Waals surface area contributed by atoms with E-state index >= 15 is 0 Å². The van der Waals surface area contributed by atoms with Crippen molar-refractivity contribution in [2.24, 2.45) is 0 Å². The number of carbonyl (C=O) groups excluding carboxylic acids is 2. The van der Waals surface area contributed by atoms with E-state index in [2.05, 4.69) is 20.9 Å². The van der Waals surface area contributed by atoms with E-state index in [0.717, 1.165) is 15.6 Å². The van der Waals surface area contributed by atoms with Gasteiger partial charge in [0.15, 0.2) is 0 Å². The molecule has 0 radical (unpaired) electrons. The molecule has 6 nitrogen and oxygen atoms in total. The number of halogens is 1.